The lowest BCUT2D eigenvalue weighted by molar-refractivity contribution is 0.578. The monoisotopic (exact) mass is 325 g/mol. The molecule has 2 N–H and O–H groups in total. The number of nitrogens with one attached hydrogen (secondary N) is 2. The Hall–Kier alpha value is -1.28. The molecule has 0 aliphatic heterocycles. The van der Waals surface area contributed by atoms with Crippen molar-refractivity contribution in [1.29, 1.82) is 0 Å². The van der Waals surface area contributed by atoms with Crippen LogP contribution in [0.15, 0.2) is 28.6 Å². The number of hydrogen-bond donors (Lipinski definition) is 2. The van der Waals surface area contributed by atoms with Crippen molar-refractivity contribution in [2.24, 2.45) is 0 Å². The van der Waals surface area contributed by atoms with Gasteiger partial charge in [-0.15, -0.1) is 11.3 Å². The lowest BCUT2D eigenvalue weighted by Gasteiger charge is -2.10. The third-order valence-electron chi connectivity index (χ3n) is 3.14. The topological polar surface area (TPSA) is 71.1 Å². The highest BCUT2D eigenvalue weighted by Crippen LogP contribution is 2.26. The molecular formula is C14H19N3O2S2. The summed E-state index contributed by atoms with van der Waals surface area (Å²) in [6.45, 7) is 4.47. The smallest absolute Gasteiger partial charge is 0.242 e. The highest BCUT2D eigenvalue weighted by atomic mass is 32.2. The maximum absolute atomic E-state index is 12.5. The highest BCUT2D eigenvalue weighted by molar-refractivity contribution is 7.89. The van der Waals surface area contributed by atoms with E-state index in [1.54, 1.807) is 13.2 Å². The van der Waals surface area contributed by atoms with Crippen LogP contribution >= 0.6 is 11.3 Å². The molecule has 0 unspecified atom stereocenters. The normalized spacial score (nSPS) is 11.8. The second kappa shape index (κ2) is 6.65. The van der Waals surface area contributed by atoms with E-state index in [9.17, 15) is 8.42 Å². The maximum Gasteiger partial charge on any atom is 0.242 e. The van der Waals surface area contributed by atoms with Gasteiger partial charge in [-0.05, 0) is 43.5 Å². The molecule has 0 saturated carbocycles. The third kappa shape index (κ3) is 3.68. The number of nitrogens with zero attached hydrogens (tertiary/aromatic N) is 1. The van der Waals surface area contributed by atoms with E-state index in [1.807, 2.05) is 31.4 Å². The predicted octanol–water partition coefficient (Wildman–Crippen LogP) is 1.96. The molecule has 2 rings (SSSR count). The van der Waals surface area contributed by atoms with Crippen molar-refractivity contribution in [2.45, 2.75) is 31.8 Å². The first-order valence-electron chi connectivity index (χ1n) is 6.57. The van der Waals surface area contributed by atoms with Gasteiger partial charge in [0.15, 0.2) is 0 Å². The van der Waals surface area contributed by atoms with Crippen LogP contribution in [0.1, 0.15) is 21.7 Å². The Labute approximate surface area is 129 Å². The molecule has 0 aliphatic rings. The average molecular weight is 325 g/mol. The van der Waals surface area contributed by atoms with E-state index in [0.29, 0.717) is 11.4 Å². The fraction of sp³-hybridized carbons (Fsp3) is 0.357. The van der Waals surface area contributed by atoms with Crippen molar-refractivity contribution in [3.05, 3.63) is 45.4 Å². The molecule has 0 amide bonds. The molecule has 0 spiro atoms. The standard InChI is InChI=1S/C14H19N3O2S2/c1-10-5-4-6-16-12(10)7-17-21(18,19)14-11(2)9-20-13(14)8-15-3/h4-6,9,15,17H,7-8H2,1-3H3. The summed E-state index contributed by atoms with van der Waals surface area (Å²) in [6.07, 6.45) is 1.67. The molecule has 5 nitrogen and oxygen atoms in total. The Morgan fingerprint density at radius 1 is 1.24 bits per heavy atom. The van der Waals surface area contributed by atoms with Crippen LogP contribution in [-0.2, 0) is 23.1 Å². The SMILES string of the molecule is CNCc1scc(C)c1S(=O)(=O)NCc1ncccc1C. The van der Waals surface area contributed by atoms with Crippen molar-refractivity contribution in [3.8, 4) is 0 Å². The number of aryl methyl sites for hydroxylation is 2. The molecule has 0 bridgehead atoms. The van der Waals surface area contributed by atoms with Crippen LogP contribution in [0.25, 0.3) is 0 Å². The number of thiophene rings is 1. The van der Waals surface area contributed by atoms with Gasteiger partial charge in [0.2, 0.25) is 10.0 Å². The van der Waals surface area contributed by atoms with Crippen molar-refractivity contribution in [2.75, 3.05) is 7.05 Å². The Balaban J connectivity index is 2.23. The molecule has 2 heterocycles. The molecule has 114 valence electrons. The van der Waals surface area contributed by atoms with E-state index in [0.717, 1.165) is 21.7 Å². The fourth-order valence-electron chi connectivity index (χ4n) is 2.07. The molecule has 0 aromatic carbocycles. The predicted molar refractivity (Wildman–Crippen MR) is 84.8 cm³/mol. The zero-order valence-corrected chi connectivity index (χ0v) is 13.9. The summed E-state index contributed by atoms with van der Waals surface area (Å²) in [5.41, 5.74) is 2.48. The van der Waals surface area contributed by atoms with E-state index < -0.39 is 10.0 Å². The summed E-state index contributed by atoms with van der Waals surface area (Å²) in [7, 11) is -1.73. The van der Waals surface area contributed by atoms with Gasteiger partial charge in [-0.25, -0.2) is 13.1 Å². The molecule has 0 fully saturated rings. The van der Waals surface area contributed by atoms with Crippen LogP contribution in [0.3, 0.4) is 0 Å². The van der Waals surface area contributed by atoms with E-state index in [1.165, 1.54) is 11.3 Å². The molecule has 0 aliphatic carbocycles. The molecule has 0 saturated heterocycles. The van der Waals surface area contributed by atoms with Crippen LogP contribution in [-0.4, -0.2) is 20.4 Å². The van der Waals surface area contributed by atoms with Gasteiger partial charge in [-0.2, -0.15) is 0 Å². The van der Waals surface area contributed by atoms with E-state index in [2.05, 4.69) is 15.0 Å². The summed E-state index contributed by atoms with van der Waals surface area (Å²) in [5, 5.41) is 4.87. The van der Waals surface area contributed by atoms with Crippen LogP contribution in [0, 0.1) is 13.8 Å². The van der Waals surface area contributed by atoms with Gasteiger partial charge in [0, 0.05) is 17.6 Å². The van der Waals surface area contributed by atoms with Gasteiger partial charge >= 0.3 is 0 Å². The minimum absolute atomic E-state index is 0.198. The van der Waals surface area contributed by atoms with Gasteiger partial charge in [-0.3, -0.25) is 4.98 Å². The number of rotatable bonds is 6. The van der Waals surface area contributed by atoms with E-state index in [-0.39, 0.29) is 6.54 Å². The van der Waals surface area contributed by atoms with Crippen LogP contribution in [0.4, 0.5) is 0 Å². The average Bonchev–Trinajstić information content (AvgIpc) is 2.80. The largest absolute Gasteiger partial charge is 0.315 e. The number of pyridine rings is 1. The Kier molecular flexibility index (Phi) is 5.10. The first-order valence-corrected chi connectivity index (χ1v) is 8.93. The number of hydrogen-bond acceptors (Lipinski definition) is 5. The minimum Gasteiger partial charge on any atom is -0.315 e. The molecule has 7 heteroatoms. The number of aromatic nitrogens is 1. The van der Waals surface area contributed by atoms with Gasteiger partial charge in [0.25, 0.3) is 0 Å². The van der Waals surface area contributed by atoms with Crippen LogP contribution in [0.2, 0.25) is 0 Å². The molecule has 21 heavy (non-hydrogen) atoms. The van der Waals surface area contributed by atoms with Crippen LogP contribution < -0.4 is 10.0 Å². The van der Waals surface area contributed by atoms with Crippen molar-refractivity contribution >= 4 is 21.4 Å². The molecule has 2 aromatic heterocycles. The zero-order valence-electron chi connectivity index (χ0n) is 12.3. The molecular weight excluding hydrogens is 306 g/mol. The third-order valence-corrected chi connectivity index (χ3v) is 6.01. The minimum atomic E-state index is -3.54. The number of sulfonamides is 1. The van der Waals surface area contributed by atoms with Gasteiger partial charge in [-0.1, -0.05) is 6.07 Å². The van der Waals surface area contributed by atoms with Crippen molar-refractivity contribution < 1.29 is 8.42 Å². The van der Waals surface area contributed by atoms with Gasteiger partial charge in [0.05, 0.1) is 12.2 Å². The second-order valence-electron chi connectivity index (χ2n) is 4.79. The lowest BCUT2D eigenvalue weighted by Crippen LogP contribution is -2.25. The van der Waals surface area contributed by atoms with Gasteiger partial charge in [0.1, 0.15) is 4.90 Å². The summed E-state index contributed by atoms with van der Waals surface area (Å²) in [6, 6.07) is 3.75. The summed E-state index contributed by atoms with van der Waals surface area (Å²) in [4.78, 5) is 5.41. The second-order valence-corrected chi connectivity index (χ2v) is 7.46. The summed E-state index contributed by atoms with van der Waals surface area (Å²) in [5.74, 6) is 0. The summed E-state index contributed by atoms with van der Waals surface area (Å²) >= 11 is 1.46. The van der Waals surface area contributed by atoms with E-state index in [4.69, 9.17) is 0 Å². The molecule has 2 aromatic rings. The van der Waals surface area contributed by atoms with E-state index >= 15 is 0 Å². The first-order chi connectivity index (χ1) is 9.95. The Morgan fingerprint density at radius 2 is 2.00 bits per heavy atom. The quantitative estimate of drug-likeness (QED) is 0.852. The zero-order chi connectivity index (χ0) is 15.5. The van der Waals surface area contributed by atoms with Gasteiger partial charge < -0.3 is 5.32 Å². The Bertz CT molecular complexity index is 724. The lowest BCUT2D eigenvalue weighted by atomic mass is 10.2. The van der Waals surface area contributed by atoms with Crippen LogP contribution in [0.5, 0.6) is 0 Å². The maximum atomic E-state index is 12.5. The molecule has 0 atom stereocenters. The molecule has 0 radical (unpaired) electrons. The van der Waals surface area contributed by atoms with Crippen molar-refractivity contribution in [3.63, 3.8) is 0 Å². The Morgan fingerprint density at radius 3 is 2.67 bits per heavy atom. The summed E-state index contributed by atoms with van der Waals surface area (Å²) < 4.78 is 27.7. The van der Waals surface area contributed by atoms with Crippen molar-refractivity contribution in [1.82, 2.24) is 15.0 Å². The highest BCUT2D eigenvalue weighted by Gasteiger charge is 2.22. The fourth-order valence-corrected chi connectivity index (χ4v) is 4.88. The first kappa shape index (κ1) is 16.1.